The van der Waals surface area contributed by atoms with Crippen molar-refractivity contribution in [1.82, 2.24) is 4.98 Å². The van der Waals surface area contributed by atoms with Gasteiger partial charge in [0.2, 0.25) is 0 Å². The van der Waals surface area contributed by atoms with Gasteiger partial charge < -0.3 is 10.1 Å². The van der Waals surface area contributed by atoms with E-state index in [1.165, 1.54) is 18.7 Å². The third-order valence-corrected chi connectivity index (χ3v) is 4.82. The fraction of sp³-hybridized carbons (Fsp3) is 0.600. The summed E-state index contributed by atoms with van der Waals surface area (Å²) >= 11 is 1.53. The first kappa shape index (κ1) is 17.0. The number of ketones is 2. The van der Waals surface area contributed by atoms with Gasteiger partial charge in [-0.25, -0.2) is 0 Å². The molecule has 2 unspecified atom stereocenters. The molecule has 0 aliphatic carbocycles. The molecule has 0 aromatic carbocycles. The van der Waals surface area contributed by atoms with Crippen molar-refractivity contribution in [3.63, 3.8) is 0 Å². The van der Waals surface area contributed by atoms with Crippen LogP contribution >= 0.6 is 11.8 Å². The van der Waals surface area contributed by atoms with Crippen LogP contribution in [0.3, 0.4) is 0 Å². The number of H-pyrrole nitrogens is 1. The molecule has 1 aromatic rings. The lowest BCUT2D eigenvalue weighted by molar-refractivity contribution is 0.0988. The van der Waals surface area contributed by atoms with Gasteiger partial charge >= 0.3 is 0 Å². The van der Waals surface area contributed by atoms with Gasteiger partial charge in [0, 0.05) is 17.9 Å². The number of aromatic nitrogens is 1. The van der Waals surface area contributed by atoms with E-state index in [2.05, 4.69) is 4.98 Å². The van der Waals surface area contributed by atoms with Crippen molar-refractivity contribution in [3.05, 3.63) is 22.5 Å². The zero-order chi connectivity index (χ0) is 15.4. The minimum Gasteiger partial charge on any atom is -0.396 e. The van der Waals surface area contributed by atoms with E-state index in [1.807, 2.05) is 20.8 Å². The summed E-state index contributed by atoms with van der Waals surface area (Å²) in [7, 11) is 0. The Morgan fingerprint density at radius 3 is 2.35 bits per heavy atom. The van der Waals surface area contributed by atoms with Crippen molar-refractivity contribution < 1.29 is 14.7 Å². The molecule has 112 valence electrons. The summed E-state index contributed by atoms with van der Waals surface area (Å²) in [5.74, 6) is 0.897. The highest BCUT2D eigenvalue weighted by Crippen LogP contribution is 2.24. The molecule has 0 aliphatic rings. The third kappa shape index (κ3) is 3.73. The lowest BCUT2D eigenvalue weighted by atomic mass is 10.0. The van der Waals surface area contributed by atoms with Gasteiger partial charge in [-0.15, -0.1) is 0 Å². The fourth-order valence-corrected chi connectivity index (χ4v) is 3.16. The monoisotopic (exact) mass is 297 g/mol. The van der Waals surface area contributed by atoms with Crippen LogP contribution in [0.4, 0.5) is 0 Å². The Kier molecular flexibility index (Phi) is 6.02. The maximum atomic E-state index is 12.4. The van der Waals surface area contributed by atoms with Gasteiger partial charge in [-0.05, 0) is 44.9 Å². The standard InChI is InChI=1S/C15H23NO3S/c1-8(6-17)7-20-12(5)15(19)14-9(2)13(11(4)18)10(3)16-14/h8,12,16-17H,6-7H2,1-5H3. The highest BCUT2D eigenvalue weighted by molar-refractivity contribution is 8.00. The molecule has 0 saturated heterocycles. The Labute approximate surface area is 124 Å². The first-order chi connectivity index (χ1) is 9.29. The predicted octanol–water partition coefficient (Wildman–Crippen LogP) is 2.77. The Morgan fingerprint density at radius 2 is 1.90 bits per heavy atom. The number of carbonyl (C=O) groups is 2. The Hall–Kier alpha value is -1.07. The number of rotatable bonds is 7. The van der Waals surface area contributed by atoms with E-state index < -0.39 is 0 Å². The summed E-state index contributed by atoms with van der Waals surface area (Å²) in [4.78, 5) is 27.1. The zero-order valence-corrected chi connectivity index (χ0v) is 13.6. The molecule has 4 nitrogen and oxygen atoms in total. The maximum Gasteiger partial charge on any atom is 0.191 e. The van der Waals surface area contributed by atoms with Crippen LogP contribution in [-0.2, 0) is 0 Å². The summed E-state index contributed by atoms with van der Waals surface area (Å²) in [6, 6.07) is 0. The first-order valence-corrected chi connectivity index (χ1v) is 7.81. The van der Waals surface area contributed by atoms with Crippen LogP contribution in [0.1, 0.15) is 52.9 Å². The SMILES string of the molecule is CC(=O)c1c(C)[nH]c(C(=O)C(C)SCC(C)CO)c1C. The minimum absolute atomic E-state index is 0.00763. The van der Waals surface area contributed by atoms with Gasteiger partial charge in [-0.1, -0.05) is 6.92 Å². The number of aliphatic hydroxyl groups is 1. The van der Waals surface area contributed by atoms with E-state index in [1.54, 1.807) is 6.92 Å². The maximum absolute atomic E-state index is 12.4. The molecule has 0 saturated carbocycles. The molecule has 0 fully saturated rings. The van der Waals surface area contributed by atoms with E-state index in [0.717, 1.165) is 17.0 Å². The Morgan fingerprint density at radius 1 is 1.30 bits per heavy atom. The van der Waals surface area contributed by atoms with Gasteiger partial charge in [0.25, 0.3) is 0 Å². The molecule has 20 heavy (non-hydrogen) atoms. The van der Waals surface area contributed by atoms with Crippen molar-refractivity contribution in [2.24, 2.45) is 5.92 Å². The molecule has 0 radical (unpaired) electrons. The van der Waals surface area contributed by atoms with E-state index >= 15 is 0 Å². The van der Waals surface area contributed by atoms with Gasteiger partial charge in [0.15, 0.2) is 11.6 Å². The van der Waals surface area contributed by atoms with Crippen molar-refractivity contribution in [2.75, 3.05) is 12.4 Å². The lowest BCUT2D eigenvalue weighted by Gasteiger charge is -2.12. The normalized spacial score (nSPS) is 14.1. The number of aromatic amines is 1. The molecule has 0 bridgehead atoms. The molecular formula is C15H23NO3S. The van der Waals surface area contributed by atoms with Crippen LogP contribution in [0, 0.1) is 19.8 Å². The Bertz CT molecular complexity index is 507. The smallest absolute Gasteiger partial charge is 0.191 e. The van der Waals surface area contributed by atoms with Crippen LogP contribution < -0.4 is 0 Å². The number of aryl methyl sites for hydroxylation is 1. The van der Waals surface area contributed by atoms with Gasteiger partial charge in [0.05, 0.1) is 10.9 Å². The second-order valence-electron chi connectivity index (χ2n) is 5.31. The molecule has 0 amide bonds. The molecule has 1 aromatic heterocycles. The van der Waals surface area contributed by atoms with Gasteiger partial charge in [0.1, 0.15) is 0 Å². The highest BCUT2D eigenvalue weighted by Gasteiger charge is 2.24. The average Bonchev–Trinajstić information content (AvgIpc) is 2.69. The molecule has 1 rings (SSSR count). The summed E-state index contributed by atoms with van der Waals surface area (Å²) < 4.78 is 0. The van der Waals surface area contributed by atoms with Crippen LogP contribution in [0.2, 0.25) is 0 Å². The summed E-state index contributed by atoms with van der Waals surface area (Å²) in [5, 5.41) is 8.81. The number of nitrogens with one attached hydrogen (secondary N) is 1. The predicted molar refractivity (Wildman–Crippen MR) is 82.8 cm³/mol. The average molecular weight is 297 g/mol. The zero-order valence-electron chi connectivity index (χ0n) is 12.7. The molecule has 2 atom stereocenters. The van der Waals surface area contributed by atoms with Crippen molar-refractivity contribution in [2.45, 2.75) is 39.9 Å². The van der Waals surface area contributed by atoms with Gasteiger partial charge in [-0.3, -0.25) is 9.59 Å². The first-order valence-electron chi connectivity index (χ1n) is 6.76. The highest BCUT2D eigenvalue weighted by atomic mass is 32.2. The molecular weight excluding hydrogens is 274 g/mol. The van der Waals surface area contributed by atoms with Crippen LogP contribution in [0.15, 0.2) is 0 Å². The Balaban J connectivity index is 2.87. The molecule has 1 heterocycles. The largest absolute Gasteiger partial charge is 0.396 e. The summed E-state index contributed by atoms with van der Waals surface area (Å²) in [6.45, 7) is 9.07. The van der Waals surface area contributed by atoms with Crippen molar-refractivity contribution in [1.29, 1.82) is 0 Å². The van der Waals surface area contributed by atoms with Crippen LogP contribution in [0.25, 0.3) is 0 Å². The van der Waals surface area contributed by atoms with E-state index in [4.69, 9.17) is 5.11 Å². The van der Waals surface area contributed by atoms with E-state index in [-0.39, 0.29) is 29.3 Å². The lowest BCUT2D eigenvalue weighted by Crippen LogP contribution is -2.18. The van der Waals surface area contributed by atoms with Crippen LogP contribution in [0.5, 0.6) is 0 Å². The quantitative estimate of drug-likeness (QED) is 0.759. The molecule has 0 aliphatic heterocycles. The molecule has 2 N–H and O–H groups in total. The second-order valence-corrected chi connectivity index (χ2v) is 6.68. The summed E-state index contributed by atoms with van der Waals surface area (Å²) in [5.41, 5.74) is 2.64. The third-order valence-electron chi connectivity index (χ3n) is 3.35. The number of carbonyl (C=O) groups excluding carboxylic acids is 2. The number of Topliss-reactive ketones (excluding diaryl/α,β-unsaturated/α-hetero) is 2. The summed E-state index contributed by atoms with van der Waals surface area (Å²) in [6.07, 6.45) is 0. The molecule has 5 heteroatoms. The number of hydrogen-bond acceptors (Lipinski definition) is 4. The fourth-order valence-electron chi connectivity index (χ4n) is 2.16. The van der Waals surface area contributed by atoms with Gasteiger partial charge in [-0.2, -0.15) is 11.8 Å². The molecule has 0 spiro atoms. The van der Waals surface area contributed by atoms with Crippen molar-refractivity contribution >= 4 is 23.3 Å². The van der Waals surface area contributed by atoms with E-state index in [9.17, 15) is 9.59 Å². The topological polar surface area (TPSA) is 70.2 Å². The van der Waals surface area contributed by atoms with Crippen LogP contribution in [-0.4, -0.2) is 39.3 Å². The number of aliphatic hydroxyl groups excluding tert-OH is 1. The second kappa shape index (κ2) is 7.09. The number of thioether (sulfide) groups is 1. The number of hydrogen-bond donors (Lipinski definition) is 2. The van der Waals surface area contributed by atoms with Crippen molar-refractivity contribution in [3.8, 4) is 0 Å². The minimum atomic E-state index is -0.194. The van der Waals surface area contributed by atoms with E-state index in [0.29, 0.717) is 11.3 Å².